The maximum atomic E-state index is 12.9. The molecule has 0 fully saturated rings. The lowest BCUT2D eigenvalue weighted by atomic mass is 9.97. The smallest absolute Gasteiger partial charge is 0.353 e. The van der Waals surface area contributed by atoms with Gasteiger partial charge in [0, 0.05) is 5.56 Å². The molecule has 1 aromatic heterocycles. The lowest BCUT2D eigenvalue weighted by molar-refractivity contribution is -0.137. The van der Waals surface area contributed by atoms with Gasteiger partial charge in [-0.05, 0) is 34.9 Å². The molecule has 0 aliphatic carbocycles. The first-order valence-electron chi connectivity index (χ1n) is 9.05. The third-order valence-electron chi connectivity index (χ3n) is 4.98. The van der Waals surface area contributed by atoms with Gasteiger partial charge in [0.25, 0.3) is 11.8 Å². The zero-order valence-corrected chi connectivity index (χ0v) is 16.2. The summed E-state index contributed by atoms with van der Waals surface area (Å²) < 4.78 is 4.51. The Hall–Kier alpha value is -4.20. The SMILES string of the molecule is C=C(NC(=O)C(=C)N1Cc2c(cccc2-c2ccc3nc[nH]c3c2)C1=O)C(=O)OC. The van der Waals surface area contributed by atoms with Gasteiger partial charge in [0.2, 0.25) is 0 Å². The molecular formula is C22H18N4O4. The molecule has 1 aliphatic rings. The fraction of sp³-hybridized carbons (Fsp3) is 0.0909. The van der Waals surface area contributed by atoms with Crippen LogP contribution >= 0.6 is 0 Å². The topological polar surface area (TPSA) is 104 Å². The van der Waals surface area contributed by atoms with E-state index in [4.69, 9.17) is 0 Å². The van der Waals surface area contributed by atoms with Gasteiger partial charge in [0.1, 0.15) is 11.4 Å². The second-order valence-corrected chi connectivity index (χ2v) is 6.73. The average molecular weight is 402 g/mol. The molecule has 0 atom stereocenters. The number of methoxy groups -OCH3 is 1. The van der Waals surface area contributed by atoms with Crippen LogP contribution in [0.25, 0.3) is 22.2 Å². The molecule has 0 bridgehead atoms. The molecular weight excluding hydrogens is 384 g/mol. The predicted octanol–water partition coefficient (Wildman–Crippen LogP) is 2.50. The number of carbonyl (C=O) groups excluding carboxylic acids is 3. The van der Waals surface area contributed by atoms with E-state index in [0.717, 1.165) is 27.7 Å². The maximum Gasteiger partial charge on any atom is 0.353 e. The lowest BCUT2D eigenvalue weighted by Crippen LogP contribution is -2.36. The highest BCUT2D eigenvalue weighted by Crippen LogP contribution is 2.35. The van der Waals surface area contributed by atoms with E-state index in [-0.39, 0.29) is 23.8 Å². The first kappa shape index (κ1) is 19.1. The highest BCUT2D eigenvalue weighted by molar-refractivity contribution is 6.08. The molecule has 4 rings (SSSR count). The van der Waals surface area contributed by atoms with Gasteiger partial charge < -0.3 is 15.0 Å². The summed E-state index contributed by atoms with van der Waals surface area (Å²) in [5.41, 5.74) is 4.51. The molecule has 30 heavy (non-hydrogen) atoms. The van der Waals surface area contributed by atoms with Crippen molar-refractivity contribution in [2.24, 2.45) is 0 Å². The molecule has 2 heterocycles. The zero-order valence-electron chi connectivity index (χ0n) is 16.2. The van der Waals surface area contributed by atoms with E-state index < -0.39 is 11.9 Å². The number of fused-ring (bicyclic) bond motifs is 2. The van der Waals surface area contributed by atoms with Gasteiger partial charge in [-0.15, -0.1) is 0 Å². The van der Waals surface area contributed by atoms with Gasteiger partial charge >= 0.3 is 5.97 Å². The number of carbonyl (C=O) groups is 3. The summed E-state index contributed by atoms with van der Waals surface area (Å²) >= 11 is 0. The van der Waals surface area contributed by atoms with E-state index in [1.165, 1.54) is 12.0 Å². The number of nitrogens with one attached hydrogen (secondary N) is 2. The number of hydrogen-bond donors (Lipinski definition) is 2. The van der Waals surface area contributed by atoms with Gasteiger partial charge in [-0.2, -0.15) is 0 Å². The van der Waals surface area contributed by atoms with Crippen LogP contribution in [0.15, 0.2) is 67.3 Å². The molecule has 8 nitrogen and oxygen atoms in total. The van der Waals surface area contributed by atoms with Crippen molar-refractivity contribution in [2.75, 3.05) is 7.11 Å². The van der Waals surface area contributed by atoms with Crippen molar-refractivity contribution < 1.29 is 19.1 Å². The number of rotatable bonds is 5. The standard InChI is InChI=1S/C22H18N4O4/c1-12(22(29)30-3)25-20(27)13(2)26-10-17-15(5-4-6-16(17)21(26)28)14-7-8-18-19(9-14)24-11-23-18/h4-9,11H,1-2,10H2,3H3,(H,23,24)(H,25,27). The van der Waals surface area contributed by atoms with Crippen LogP contribution in [0.1, 0.15) is 15.9 Å². The predicted molar refractivity (Wildman–Crippen MR) is 110 cm³/mol. The number of aromatic nitrogens is 2. The molecule has 0 saturated carbocycles. The number of hydrogen-bond acceptors (Lipinski definition) is 5. The van der Waals surface area contributed by atoms with Crippen LogP contribution in [0.4, 0.5) is 0 Å². The summed E-state index contributed by atoms with van der Waals surface area (Å²) in [5.74, 6) is -1.81. The Morgan fingerprint density at radius 2 is 1.97 bits per heavy atom. The van der Waals surface area contributed by atoms with E-state index in [2.05, 4.69) is 33.2 Å². The third-order valence-corrected chi connectivity index (χ3v) is 4.98. The minimum absolute atomic E-state index is 0.0868. The second-order valence-electron chi connectivity index (χ2n) is 6.73. The van der Waals surface area contributed by atoms with Gasteiger partial charge in [0.05, 0.1) is 31.0 Å². The van der Waals surface area contributed by atoms with Crippen molar-refractivity contribution in [1.29, 1.82) is 0 Å². The van der Waals surface area contributed by atoms with Crippen molar-refractivity contribution in [2.45, 2.75) is 6.54 Å². The Morgan fingerprint density at radius 1 is 1.20 bits per heavy atom. The van der Waals surface area contributed by atoms with Gasteiger partial charge in [-0.3, -0.25) is 14.5 Å². The monoisotopic (exact) mass is 402 g/mol. The quantitative estimate of drug-likeness (QED) is 0.504. The van der Waals surface area contributed by atoms with Crippen LogP contribution in [-0.2, 0) is 20.9 Å². The molecule has 2 N–H and O–H groups in total. The van der Waals surface area contributed by atoms with Crippen LogP contribution in [0.5, 0.6) is 0 Å². The largest absolute Gasteiger partial charge is 0.464 e. The third kappa shape index (κ3) is 3.14. The van der Waals surface area contributed by atoms with E-state index in [9.17, 15) is 14.4 Å². The van der Waals surface area contributed by atoms with Crippen LogP contribution in [0.2, 0.25) is 0 Å². The Kier molecular flexibility index (Phi) is 4.67. The van der Waals surface area contributed by atoms with Crippen LogP contribution in [-0.4, -0.2) is 39.8 Å². The summed E-state index contributed by atoms with van der Waals surface area (Å²) in [4.78, 5) is 45.4. The van der Waals surface area contributed by atoms with E-state index in [1.54, 1.807) is 18.5 Å². The summed E-state index contributed by atoms with van der Waals surface area (Å²) in [6.45, 7) is 7.36. The zero-order chi connectivity index (χ0) is 21.4. The van der Waals surface area contributed by atoms with Crippen LogP contribution in [0.3, 0.4) is 0 Å². The van der Waals surface area contributed by atoms with Crippen molar-refractivity contribution in [3.63, 3.8) is 0 Å². The molecule has 2 aromatic carbocycles. The maximum absolute atomic E-state index is 12.9. The number of imidazole rings is 1. The number of H-pyrrole nitrogens is 1. The summed E-state index contributed by atoms with van der Waals surface area (Å²) in [5, 5.41) is 2.31. The Bertz CT molecular complexity index is 1240. The van der Waals surface area contributed by atoms with Crippen molar-refractivity contribution in [3.05, 3.63) is 78.4 Å². The fourth-order valence-corrected chi connectivity index (χ4v) is 3.43. The molecule has 8 heteroatoms. The first-order valence-corrected chi connectivity index (χ1v) is 9.05. The van der Waals surface area contributed by atoms with Crippen molar-refractivity contribution >= 4 is 28.8 Å². The number of amides is 2. The van der Waals surface area contributed by atoms with Crippen molar-refractivity contribution in [1.82, 2.24) is 20.2 Å². The number of nitrogens with zero attached hydrogens (tertiary/aromatic N) is 2. The minimum Gasteiger partial charge on any atom is -0.464 e. The summed E-state index contributed by atoms with van der Waals surface area (Å²) in [7, 11) is 1.18. The van der Waals surface area contributed by atoms with E-state index in [1.807, 2.05) is 24.3 Å². The first-order chi connectivity index (χ1) is 14.4. The van der Waals surface area contributed by atoms with Gasteiger partial charge in [0.15, 0.2) is 0 Å². The van der Waals surface area contributed by atoms with E-state index in [0.29, 0.717) is 5.56 Å². The molecule has 0 radical (unpaired) electrons. The molecule has 0 unspecified atom stereocenters. The van der Waals surface area contributed by atoms with Crippen LogP contribution < -0.4 is 5.32 Å². The Labute approximate surface area is 171 Å². The Morgan fingerprint density at radius 3 is 2.73 bits per heavy atom. The number of ether oxygens (including phenoxy) is 1. The van der Waals surface area contributed by atoms with E-state index >= 15 is 0 Å². The number of benzene rings is 2. The van der Waals surface area contributed by atoms with Gasteiger partial charge in [-0.1, -0.05) is 31.4 Å². The summed E-state index contributed by atoms with van der Waals surface area (Å²) in [6.07, 6.45) is 1.62. The lowest BCUT2D eigenvalue weighted by Gasteiger charge is -2.18. The molecule has 2 amide bonds. The second kappa shape index (κ2) is 7.32. The molecule has 150 valence electrons. The molecule has 0 spiro atoms. The Balaban J connectivity index is 1.62. The van der Waals surface area contributed by atoms with Gasteiger partial charge in [-0.25, -0.2) is 9.78 Å². The number of aromatic amines is 1. The molecule has 0 saturated heterocycles. The average Bonchev–Trinajstić information content (AvgIpc) is 3.36. The number of esters is 1. The molecule has 1 aliphatic heterocycles. The highest BCUT2D eigenvalue weighted by Gasteiger charge is 2.33. The minimum atomic E-state index is -0.774. The fourth-order valence-electron chi connectivity index (χ4n) is 3.43. The van der Waals surface area contributed by atoms with Crippen molar-refractivity contribution in [3.8, 4) is 11.1 Å². The van der Waals surface area contributed by atoms with Crippen LogP contribution in [0, 0.1) is 0 Å². The summed E-state index contributed by atoms with van der Waals surface area (Å²) in [6, 6.07) is 11.2. The molecule has 3 aromatic rings. The normalized spacial score (nSPS) is 12.6. The highest BCUT2D eigenvalue weighted by atomic mass is 16.5.